The van der Waals surface area contributed by atoms with E-state index < -0.39 is 6.04 Å². The lowest BCUT2D eigenvalue weighted by atomic mass is 9.96. The summed E-state index contributed by atoms with van der Waals surface area (Å²) in [5, 5.41) is 8.97. The second-order valence-corrected chi connectivity index (χ2v) is 7.36. The molecule has 0 radical (unpaired) electrons. The van der Waals surface area contributed by atoms with Crippen LogP contribution >= 0.6 is 24.0 Å². The average molecular weight is 439 g/mol. The van der Waals surface area contributed by atoms with Crippen LogP contribution in [0.1, 0.15) is 30.4 Å². The van der Waals surface area contributed by atoms with Crippen molar-refractivity contribution in [2.24, 2.45) is 0 Å². The van der Waals surface area contributed by atoms with E-state index in [2.05, 4.69) is 33.1 Å². The van der Waals surface area contributed by atoms with Crippen molar-refractivity contribution in [3.8, 4) is 0 Å². The van der Waals surface area contributed by atoms with Crippen LogP contribution in [0.4, 0.5) is 0 Å². The number of aromatic nitrogens is 1. The van der Waals surface area contributed by atoms with E-state index in [-0.39, 0.29) is 48.3 Å². The molecule has 2 heterocycles. The molecule has 1 aliphatic heterocycles. The van der Waals surface area contributed by atoms with Crippen molar-refractivity contribution in [2.45, 2.75) is 37.9 Å². The van der Waals surface area contributed by atoms with Gasteiger partial charge in [0.05, 0.1) is 11.1 Å². The van der Waals surface area contributed by atoms with Crippen molar-refractivity contribution < 1.29 is 9.59 Å². The Morgan fingerprint density at radius 1 is 1.28 bits per heavy atom. The average Bonchev–Trinajstić information content (AvgIpc) is 3.19. The van der Waals surface area contributed by atoms with Crippen molar-refractivity contribution in [1.82, 2.24) is 20.9 Å². The van der Waals surface area contributed by atoms with Gasteiger partial charge in [0.15, 0.2) is 0 Å². The van der Waals surface area contributed by atoms with Gasteiger partial charge in [-0.15, -0.1) is 12.4 Å². The smallest absolute Gasteiger partial charge is 0.253 e. The Morgan fingerprint density at radius 2 is 2.00 bits per heavy atom. The number of carbonyl (C=O) groups excluding carboxylic acids is 2. The Hall–Kier alpha value is -2.35. The van der Waals surface area contributed by atoms with E-state index in [1.807, 2.05) is 18.2 Å². The number of nitrogens with one attached hydrogen (secondary N) is 4. The fourth-order valence-corrected chi connectivity index (χ4v) is 3.45. The largest absolute Gasteiger partial charge is 0.350 e. The molecule has 1 aromatic heterocycles. The maximum absolute atomic E-state index is 12.5. The van der Waals surface area contributed by atoms with Gasteiger partial charge in [-0.25, -0.2) is 0 Å². The van der Waals surface area contributed by atoms with Crippen LogP contribution in [0.15, 0.2) is 47.4 Å². The Labute approximate surface area is 180 Å². The lowest BCUT2D eigenvalue weighted by Gasteiger charge is -2.17. The number of carbonyl (C=O) groups is 2. The van der Waals surface area contributed by atoms with Crippen molar-refractivity contribution >= 4 is 35.8 Å². The molecule has 0 saturated carbocycles. The topological polar surface area (TPSA) is 103 Å². The minimum absolute atomic E-state index is 0. The molecule has 7 nitrogen and oxygen atoms in total. The predicted octanol–water partition coefficient (Wildman–Crippen LogP) is 1.72. The summed E-state index contributed by atoms with van der Waals surface area (Å²) in [6, 6.07) is 10.5. The number of pyridine rings is 1. The zero-order valence-corrected chi connectivity index (χ0v) is 17.5. The summed E-state index contributed by atoms with van der Waals surface area (Å²) in [6.45, 7) is 2.37. The minimum Gasteiger partial charge on any atom is -0.350 e. The van der Waals surface area contributed by atoms with Gasteiger partial charge in [0.2, 0.25) is 11.8 Å². The van der Waals surface area contributed by atoms with E-state index >= 15 is 0 Å². The first kappa shape index (κ1) is 22.9. The summed E-state index contributed by atoms with van der Waals surface area (Å²) < 4.78 is 0. The summed E-state index contributed by atoms with van der Waals surface area (Å²) in [6.07, 6.45) is 2.07. The fourth-order valence-electron chi connectivity index (χ4n) is 3.26. The SMILES string of the molecule is C[C@H](NC(=O)[C@H]1C[C@H](c2ccccc2)CN1)C(=O)NCc1cc(Cl)c[nH]c1=O.Cl. The van der Waals surface area contributed by atoms with Gasteiger partial charge in [-0.05, 0) is 30.9 Å². The first-order valence-corrected chi connectivity index (χ1v) is 9.55. The van der Waals surface area contributed by atoms with E-state index in [9.17, 15) is 14.4 Å². The molecule has 3 atom stereocenters. The molecule has 2 aromatic rings. The quantitative estimate of drug-likeness (QED) is 0.551. The number of benzene rings is 1. The highest BCUT2D eigenvalue weighted by molar-refractivity contribution is 6.30. The number of amides is 2. The van der Waals surface area contributed by atoms with Gasteiger partial charge >= 0.3 is 0 Å². The Balaban J connectivity index is 0.00000300. The fraction of sp³-hybridized carbons (Fsp3) is 0.350. The van der Waals surface area contributed by atoms with Crippen LogP contribution < -0.4 is 21.5 Å². The van der Waals surface area contributed by atoms with Crippen LogP contribution in [0.5, 0.6) is 0 Å². The molecule has 4 N–H and O–H groups in total. The standard InChI is InChI=1S/C20H23ClN4O3.ClH/c1-12(18(26)23-10-15-7-16(21)11-24-19(15)27)25-20(28)17-8-14(9-22-17)13-5-3-2-4-6-13;/h2-7,11-12,14,17,22H,8-10H2,1H3,(H,23,26)(H,24,27)(H,25,28);1H/t12-,14-,17+;/m0./s1. The zero-order valence-electron chi connectivity index (χ0n) is 15.9. The lowest BCUT2D eigenvalue weighted by molar-refractivity contribution is -0.129. The third kappa shape index (κ3) is 6.06. The summed E-state index contributed by atoms with van der Waals surface area (Å²) in [5.41, 5.74) is 1.23. The van der Waals surface area contributed by atoms with Gasteiger partial charge in [0.25, 0.3) is 5.56 Å². The summed E-state index contributed by atoms with van der Waals surface area (Å²) in [5.74, 6) is -0.303. The minimum atomic E-state index is -0.719. The third-order valence-corrected chi connectivity index (χ3v) is 5.09. The second kappa shape index (κ2) is 10.4. The van der Waals surface area contributed by atoms with Crippen molar-refractivity contribution in [3.63, 3.8) is 0 Å². The van der Waals surface area contributed by atoms with Gasteiger partial charge in [0.1, 0.15) is 6.04 Å². The summed E-state index contributed by atoms with van der Waals surface area (Å²) in [4.78, 5) is 38.9. The van der Waals surface area contributed by atoms with Crippen LogP contribution in [-0.2, 0) is 16.1 Å². The predicted molar refractivity (Wildman–Crippen MR) is 114 cm³/mol. The maximum Gasteiger partial charge on any atom is 0.253 e. The van der Waals surface area contributed by atoms with Crippen LogP contribution in [0, 0.1) is 0 Å². The molecule has 9 heteroatoms. The molecule has 0 aliphatic carbocycles. The molecule has 0 unspecified atom stereocenters. The molecule has 1 aromatic carbocycles. The molecular weight excluding hydrogens is 415 g/mol. The Morgan fingerprint density at radius 3 is 2.72 bits per heavy atom. The van der Waals surface area contributed by atoms with Crippen LogP contribution in [0.3, 0.4) is 0 Å². The molecule has 29 heavy (non-hydrogen) atoms. The number of hydrogen-bond acceptors (Lipinski definition) is 4. The van der Waals surface area contributed by atoms with E-state index in [1.54, 1.807) is 6.92 Å². The molecule has 0 bridgehead atoms. The number of H-pyrrole nitrogens is 1. The second-order valence-electron chi connectivity index (χ2n) is 6.92. The molecule has 1 fully saturated rings. The van der Waals surface area contributed by atoms with Gasteiger partial charge < -0.3 is 20.9 Å². The monoisotopic (exact) mass is 438 g/mol. The van der Waals surface area contributed by atoms with Crippen molar-refractivity contribution in [2.75, 3.05) is 6.54 Å². The highest BCUT2D eigenvalue weighted by Crippen LogP contribution is 2.25. The number of rotatable bonds is 6. The lowest BCUT2D eigenvalue weighted by Crippen LogP contribution is -2.50. The van der Waals surface area contributed by atoms with Crippen molar-refractivity contribution in [3.05, 3.63) is 69.1 Å². The van der Waals surface area contributed by atoms with Crippen molar-refractivity contribution in [1.29, 1.82) is 0 Å². The normalized spacial score (nSPS) is 19.1. The maximum atomic E-state index is 12.5. The van der Waals surface area contributed by atoms with Crippen LogP contribution in [0.25, 0.3) is 0 Å². The van der Waals surface area contributed by atoms with Crippen LogP contribution in [0.2, 0.25) is 5.02 Å². The highest BCUT2D eigenvalue weighted by atomic mass is 35.5. The van der Waals surface area contributed by atoms with E-state index in [1.165, 1.54) is 17.8 Å². The van der Waals surface area contributed by atoms with E-state index in [0.717, 1.165) is 6.54 Å². The van der Waals surface area contributed by atoms with E-state index in [4.69, 9.17) is 11.6 Å². The van der Waals surface area contributed by atoms with Gasteiger partial charge in [-0.2, -0.15) is 0 Å². The van der Waals surface area contributed by atoms with Gasteiger partial charge in [-0.3, -0.25) is 14.4 Å². The third-order valence-electron chi connectivity index (χ3n) is 4.87. The Kier molecular flexibility index (Phi) is 8.25. The molecule has 156 valence electrons. The highest BCUT2D eigenvalue weighted by Gasteiger charge is 2.31. The summed E-state index contributed by atoms with van der Waals surface area (Å²) in [7, 11) is 0. The van der Waals surface area contributed by atoms with Gasteiger partial charge in [-0.1, -0.05) is 41.9 Å². The van der Waals surface area contributed by atoms with Gasteiger partial charge in [0, 0.05) is 24.8 Å². The Bertz CT molecular complexity index is 904. The number of hydrogen-bond donors (Lipinski definition) is 4. The first-order chi connectivity index (χ1) is 13.4. The molecule has 1 aliphatic rings. The first-order valence-electron chi connectivity index (χ1n) is 9.17. The number of halogens is 2. The molecule has 3 rings (SSSR count). The van der Waals surface area contributed by atoms with E-state index in [0.29, 0.717) is 17.0 Å². The molecule has 1 saturated heterocycles. The molecule has 2 amide bonds. The zero-order chi connectivity index (χ0) is 20.1. The molecular formula is C20H24Cl2N4O3. The summed E-state index contributed by atoms with van der Waals surface area (Å²) >= 11 is 5.85. The van der Waals surface area contributed by atoms with Crippen LogP contribution in [-0.4, -0.2) is 35.4 Å². The number of aromatic amines is 1. The molecule has 0 spiro atoms.